The Labute approximate surface area is 115 Å². The van der Waals surface area contributed by atoms with Crippen LogP contribution in [-0.4, -0.2) is 30.4 Å². The number of rotatable bonds is 2. The quantitative estimate of drug-likeness (QED) is 0.906. The van der Waals surface area contributed by atoms with Crippen LogP contribution in [0.25, 0.3) is 0 Å². The number of benzene rings is 1. The third-order valence-corrected chi connectivity index (χ3v) is 3.53. The van der Waals surface area contributed by atoms with Crippen molar-refractivity contribution in [2.45, 2.75) is 31.5 Å². The van der Waals surface area contributed by atoms with Crippen molar-refractivity contribution in [2.75, 3.05) is 18.9 Å². The minimum atomic E-state index is -4.40. The van der Waals surface area contributed by atoms with Gasteiger partial charge < -0.3 is 5.32 Å². The van der Waals surface area contributed by atoms with Crippen molar-refractivity contribution in [1.29, 1.82) is 0 Å². The molecule has 1 aromatic carbocycles. The Balaban J connectivity index is 2.08. The summed E-state index contributed by atoms with van der Waals surface area (Å²) in [5.74, 6) is -0.244. The SMILES string of the molecule is CN1CCCCC1C(=O)Nc1cccc(C(F)(F)F)c1. The van der Waals surface area contributed by atoms with E-state index in [1.807, 2.05) is 11.9 Å². The maximum absolute atomic E-state index is 12.6. The van der Waals surface area contributed by atoms with E-state index in [-0.39, 0.29) is 17.6 Å². The molecule has 0 bridgehead atoms. The number of likely N-dealkylation sites (tertiary alicyclic amines) is 1. The molecule has 1 aliphatic heterocycles. The van der Waals surface area contributed by atoms with E-state index >= 15 is 0 Å². The topological polar surface area (TPSA) is 32.3 Å². The molecule has 6 heteroatoms. The number of nitrogens with zero attached hydrogens (tertiary/aromatic N) is 1. The molecule has 1 heterocycles. The third-order valence-electron chi connectivity index (χ3n) is 3.53. The summed E-state index contributed by atoms with van der Waals surface area (Å²) in [6.45, 7) is 0.834. The van der Waals surface area contributed by atoms with Crippen LogP contribution in [-0.2, 0) is 11.0 Å². The van der Waals surface area contributed by atoms with Crippen LogP contribution in [0.15, 0.2) is 24.3 Å². The Morgan fingerprint density at radius 3 is 2.75 bits per heavy atom. The number of amides is 1. The molecule has 1 unspecified atom stereocenters. The number of hydrogen-bond acceptors (Lipinski definition) is 2. The molecular weight excluding hydrogens is 269 g/mol. The number of halogens is 3. The normalized spacial score (nSPS) is 20.7. The zero-order chi connectivity index (χ0) is 14.8. The molecule has 110 valence electrons. The van der Waals surface area contributed by atoms with Gasteiger partial charge in [0.25, 0.3) is 0 Å². The molecule has 1 amide bonds. The first-order chi connectivity index (χ1) is 9.38. The second-order valence-corrected chi connectivity index (χ2v) is 5.06. The van der Waals surface area contributed by atoms with Crippen LogP contribution in [0.3, 0.4) is 0 Å². The lowest BCUT2D eigenvalue weighted by Crippen LogP contribution is -2.44. The second-order valence-electron chi connectivity index (χ2n) is 5.06. The lowest BCUT2D eigenvalue weighted by atomic mass is 10.0. The van der Waals surface area contributed by atoms with Gasteiger partial charge in [0.2, 0.25) is 5.91 Å². The lowest BCUT2D eigenvalue weighted by Gasteiger charge is -2.31. The number of nitrogens with one attached hydrogen (secondary N) is 1. The first kappa shape index (κ1) is 14.8. The summed E-state index contributed by atoms with van der Waals surface area (Å²) < 4.78 is 37.8. The first-order valence-corrected chi connectivity index (χ1v) is 6.56. The fourth-order valence-electron chi connectivity index (χ4n) is 2.41. The van der Waals surface area contributed by atoms with Crippen LogP contribution in [0.4, 0.5) is 18.9 Å². The lowest BCUT2D eigenvalue weighted by molar-refractivity contribution is -0.137. The molecule has 0 aromatic heterocycles. The number of anilines is 1. The van der Waals surface area contributed by atoms with Crippen molar-refractivity contribution in [3.05, 3.63) is 29.8 Å². The largest absolute Gasteiger partial charge is 0.416 e. The van der Waals surface area contributed by atoms with Crippen LogP contribution < -0.4 is 5.32 Å². The zero-order valence-corrected chi connectivity index (χ0v) is 11.2. The molecule has 1 N–H and O–H groups in total. The van der Waals surface area contributed by atoms with Gasteiger partial charge in [-0.05, 0) is 44.6 Å². The zero-order valence-electron chi connectivity index (χ0n) is 11.2. The number of carbonyl (C=O) groups excluding carboxylic acids is 1. The summed E-state index contributed by atoms with van der Waals surface area (Å²) in [5.41, 5.74) is -0.573. The van der Waals surface area contributed by atoms with E-state index in [9.17, 15) is 18.0 Å². The smallest absolute Gasteiger partial charge is 0.325 e. The van der Waals surface area contributed by atoms with E-state index in [0.717, 1.165) is 37.9 Å². The molecule has 1 saturated heterocycles. The number of likely N-dealkylation sites (N-methyl/N-ethyl adjacent to an activating group) is 1. The highest BCUT2D eigenvalue weighted by Gasteiger charge is 2.31. The Bertz CT molecular complexity index is 488. The van der Waals surface area contributed by atoms with Crippen molar-refractivity contribution in [3.63, 3.8) is 0 Å². The fraction of sp³-hybridized carbons (Fsp3) is 0.500. The summed E-state index contributed by atoms with van der Waals surface area (Å²) in [5, 5.41) is 2.57. The molecule has 1 aliphatic rings. The molecule has 1 fully saturated rings. The van der Waals surface area contributed by atoms with Gasteiger partial charge in [-0.25, -0.2) is 0 Å². The summed E-state index contributed by atoms with van der Waals surface area (Å²) in [6, 6.07) is 4.44. The molecule has 2 rings (SSSR count). The van der Waals surface area contributed by atoms with Crippen molar-refractivity contribution in [3.8, 4) is 0 Å². The van der Waals surface area contributed by atoms with Gasteiger partial charge in [-0.2, -0.15) is 13.2 Å². The second kappa shape index (κ2) is 5.83. The Morgan fingerprint density at radius 2 is 2.10 bits per heavy atom. The molecule has 3 nitrogen and oxygen atoms in total. The molecule has 0 radical (unpaired) electrons. The van der Waals surface area contributed by atoms with Gasteiger partial charge in [0, 0.05) is 5.69 Å². The monoisotopic (exact) mass is 286 g/mol. The minimum absolute atomic E-state index is 0.184. The average Bonchev–Trinajstić information content (AvgIpc) is 2.38. The van der Waals surface area contributed by atoms with Crippen LogP contribution >= 0.6 is 0 Å². The molecule has 1 atom stereocenters. The fourth-order valence-corrected chi connectivity index (χ4v) is 2.41. The number of alkyl halides is 3. The Kier molecular flexibility index (Phi) is 4.32. The van der Waals surface area contributed by atoms with E-state index in [0.29, 0.717) is 0 Å². The molecule has 1 aromatic rings. The van der Waals surface area contributed by atoms with Crippen molar-refractivity contribution in [2.24, 2.45) is 0 Å². The number of carbonyl (C=O) groups is 1. The first-order valence-electron chi connectivity index (χ1n) is 6.56. The molecule has 0 spiro atoms. The predicted octanol–water partition coefficient (Wildman–Crippen LogP) is 3.13. The summed E-state index contributed by atoms with van der Waals surface area (Å²) >= 11 is 0. The minimum Gasteiger partial charge on any atom is -0.325 e. The maximum atomic E-state index is 12.6. The highest BCUT2D eigenvalue weighted by molar-refractivity contribution is 5.94. The van der Waals surface area contributed by atoms with Gasteiger partial charge in [0.05, 0.1) is 11.6 Å². The average molecular weight is 286 g/mol. The Morgan fingerprint density at radius 1 is 1.35 bits per heavy atom. The van der Waals surface area contributed by atoms with Gasteiger partial charge in [-0.15, -0.1) is 0 Å². The van der Waals surface area contributed by atoms with E-state index in [4.69, 9.17) is 0 Å². The van der Waals surface area contributed by atoms with E-state index in [2.05, 4.69) is 5.32 Å². The number of piperidine rings is 1. The van der Waals surface area contributed by atoms with Gasteiger partial charge in [0.15, 0.2) is 0 Å². The number of hydrogen-bond donors (Lipinski definition) is 1. The van der Waals surface area contributed by atoms with Crippen LogP contribution in [0.5, 0.6) is 0 Å². The van der Waals surface area contributed by atoms with Gasteiger partial charge >= 0.3 is 6.18 Å². The van der Waals surface area contributed by atoms with Crippen molar-refractivity contribution < 1.29 is 18.0 Å². The van der Waals surface area contributed by atoms with Gasteiger partial charge in [-0.1, -0.05) is 12.5 Å². The van der Waals surface area contributed by atoms with Crippen molar-refractivity contribution >= 4 is 11.6 Å². The Hall–Kier alpha value is -1.56. The molecule has 0 saturated carbocycles. The molecular formula is C14H17F3N2O. The predicted molar refractivity (Wildman–Crippen MR) is 70.3 cm³/mol. The molecule has 0 aliphatic carbocycles. The molecule has 20 heavy (non-hydrogen) atoms. The van der Waals surface area contributed by atoms with E-state index in [1.54, 1.807) is 0 Å². The van der Waals surface area contributed by atoms with E-state index < -0.39 is 11.7 Å². The van der Waals surface area contributed by atoms with Gasteiger partial charge in [0.1, 0.15) is 0 Å². The van der Waals surface area contributed by atoms with Crippen molar-refractivity contribution in [1.82, 2.24) is 4.90 Å². The highest BCUT2D eigenvalue weighted by atomic mass is 19.4. The summed E-state index contributed by atoms with van der Waals surface area (Å²) in [6.07, 6.45) is -1.65. The standard InChI is InChI=1S/C14H17F3N2O/c1-19-8-3-2-7-12(19)13(20)18-11-6-4-5-10(9-11)14(15,16)17/h4-6,9,12H,2-3,7-8H2,1H3,(H,18,20). The van der Waals surface area contributed by atoms with Gasteiger partial charge in [-0.3, -0.25) is 9.69 Å². The maximum Gasteiger partial charge on any atom is 0.416 e. The summed E-state index contributed by atoms with van der Waals surface area (Å²) in [4.78, 5) is 14.0. The van der Waals surface area contributed by atoms with E-state index in [1.165, 1.54) is 12.1 Å². The third kappa shape index (κ3) is 3.50. The van der Waals surface area contributed by atoms with Crippen LogP contribution in [0, 0.1) is 0 Å². The highest BCUT2D eigenvalue weighted by Crippen LogP contribution is 2.30. The summed E-state index contributed by atoms with van der Waals surface area (Å²) in [7, 11) is 1.86. The van der Waals surface area contributed by atoms with Crippen LogP contribution in [0.1, 0.15) is 24.8 Å². The van der Waals surface area contributed by atoms with Crippen LogP contribution in [0.2, 0.25) is 0 Å².